The summed E-state index contributed by atoms with van der Waals surface area (Å²) in [6.07, 6.45) is 4.95. The highest BCUT2D eigenvalue weighted by atomic mass is 32.2. The first-order chi connectivity index (χ1) is 10.7. The number of pyridine rings is 1. The van der Waals surface area contributed by atoms with Crippen LogP contribution in [0.25, 0.3) is 0 Å². The summed E-state index contributed by atoms with van der Waals surface area (Å²) in [4.78, 5) is 6.57. The Morgan fingerprint density at radius 2 is 2.18 bits per heavy atom. The Hall–Kier alpha value is -0.850. The van der Waals surface area contributed by atoms with Gasteiger partial charge in [0.05, 0.1) is 0 Å². The topological polar surface area (TPSA) is 34.6 Å². The van der Waals surface area contributed by atoms with Gasteiger partial charge < -0.3 is 9.47 Å². The van der Waals surface area contributed by atoms with Gasteiger partial charge in [-0.15, -0.1) is 11.8 Å². The zero-order valence-electron chi connectivity index (χ0n) is 12.5. The first-order valence-electron chi connectivity index (χ1n) is 7.97. The summed E-state index contributed by atoms with van der Waals surface area (Å²) in [5.41, 5.74) is 0. The first kappa shape index (κ1) is 14.7. The molecule has 0 bridgehead atoms. The molecule has 0 unspecified atom stereocenters. The monoisotopic (exact) mass is 324 g/mol. The van der Waals surface area contributed by atoms with Gasteiger partial charge >= 0.3 is 0 Å². The van der Waals surface area contributed by atoms with Crippen LogP contribution in [-0.4, -0.2) is 58.8 Å². The second-order valence-electron chi connectivity index (χ2n) is 6.48. The molecule has 4 heterocycles. The van der Waals surface area contributed by atoms with Gasteiger partial charge in [0.1, 0.15) is 6.10 Å². The summed E-state index contributed by atoms with van der Waals surface area (Å²) in [6, 6.07) is 3.68. The number of likely N-dealkylation sites (tertiary alicyclic amines) is 1. The third kappa shape index (κ3) is 2.84. The summed E-state index contributed by atoms with van der Waals surface area (Å²) >= 11 is 1.98. The number of thioether (sulfide) groups is 1. The fourth-order valence-corrected chi connectivity index (χ4v) is 5.26. The highest BCUT2D eigenvalue weighted by Crippen LogP contribution is 2.47. The van der Waals surface area contributed by atoms with Crippen molar-refractivity contribution in [3.8, 4) is 5.88 Å². The Balaban J connectivity index is 1.31. The first-order valence-corrected chi connectivity index (χ1v) is 8.96. The molecule has 1 aromatic rings. The normalized spacial score (nSPS) is 28.7. The standard InChI is InChI=1S/C16H21FN2O2S/c17-14-2-1-5-18-15(14)21-13-8-16(22-9-13)10-19(11-16)12-3-6-20-7-4-12/h1-2,5,12-13H,3-4,6-11H2/t13-/m0/s1. The van der Waals surface area contributed by atoms with E-state index in [1.54, 1.807) is 12.3 Å². The quantitative estimate of drug-likeness (QED) is 0.853. The summed E-state index contributed by atoms with van der Waals surface area (Å²) < 4.78 is 25.1. The summed E-state index contributed by atoms with van der Waals surface area (Å²) in [5.74, 6) is 0.703. The van der Waals surface area contributed by atoms with Gasteiger partial charge in [-0.2, -0.15) is 0 Å². The lowest BCUT2D eigenvalue weighted by atomic mass is 9.89. The fourth-order valence-electron chi connectivity index (χ4n) is 3.72. The maximum absolute atomic E-state index is 13.6. The highest BCUT2D eigenvalue weighted by Gasteiger charge is 2.51. The molecule has 6 heteroatoms. The van der Waals surface area contributed by atoms with E-state index in [-0.39, 0.29) is 17.8 Å². The number of aromatic nitrogens is 1. The molecule has 1 spiro atoms. The lowest BCUT2D eigenvalue weighted by Gasteiger charge is -2.52. The van der Waals surface area contributed by atoms with Gasteiger partial charge in [-0.3, -0.25) is 4.90 Å². The molecule has 4 nitrogen and oxygen atoms in total. The molecule has 0 radical (unpaired) electrons. The van der Waals surface area contributed by atoms with Gasteiger partial charge in [0.2, 0.25) is 0 Å². The molecule has 1 aromatic heterocycles. The van der Waals surface area contributed by atoms with Crippen LogP contribution < -0.4 is 4.74 Å². The molecule has 0 saturated carbocycles. The molecular weight excluding hydrogens is 303 g/mol. The number of halogens is 1. The van der Waals surface area contributed by atoms with Gasteiger partial charge in [0.15, 0.2) is 5.82 Å². The number of ether oxygens (including phenoxy) is 2. The van der Waals surface area contributed by atoms with Crippen molar-refractivity contribution < 1.29 is 13.9 Å². The van der Waals surface area contributed by atoms with Gasteiger partial charge in [-0.1, -0.05) is 0 Å². The van der Waals surface area contributed by atoms with Gasteiger partial charge in [-0.25, -0.2) is 9.37 Å². The molecule has 3 fully saturated rings. The second kappa shape index (κ2) is 5.98. The lowest BCUT2D eigenvalue weighted by Crippen LogP contribution is -2.62. The van der Waals surface area contributed by atoms with Crippen molar-refractivity contribution in [1.29, 1.82) is 0 Å². The minimum Gasteiger partial charge on any atom is -0.471 e. The van der Waals surface area contributed by atoms with Crippen LogP contribution in [0.5, 0.6) is 5.88 Å². The summed E-state index contributed by atoms with van der Waals surface area (Å²) in [7, 11) is 0. The molecule has 4 rings (SSSR count). The van der Waals surface area contributed by atoms with E-state index < -0.39 is 0 Å². The SMILES string of the molecule is Fc1cccnc1O[C@@H]1CSC2(C1)CN(C1CCOCC1)C2. The molecule has 3 aliphatic rings. The lowest BCUT2D eigenvalue weighted by molar-refractivity contribution is -0.00970. The number of hydrogen-bond acceptors (Lipinski definition) is 5. The van der Waals surface area contributed by atoms with Crippen molar-refractivity contribution in [1.82, 2.24) is 9.88 Å². The minimum atomic E-state index is -0.370. The van der Waals surface area contributed by atoms with E-state index in [4.69, 9.17) is 9.47 Å². The van der Waals surface area contributed by atoms with Crippen molar-refractivity contribution >= 4 is 11.8 Å². The number of hydrogen-bond donors (Lipinski definition) is 0. The fraction of sp³-hybridized carbons (Fsp3) is 0.688. The van der Waals surface area contributed by atoms with E-state index in [1.807, 2.05) is 11.8 Å². The van der Waals surface area contributed by atoms with E-state index in [0.29, 0.717) is 10.8 Å². The molecule has 3 saturated heterocycles. The molecule has 3 aliphatic heterocycles. The Bertz CT molecular complexity index is 533. The van der Waals surface area contributed by atoms with Crippen molar-refractivity contribution in [2.75, 3.05) is 32.1 Å². The Morgan fingerprint density at radius 1 is 1.36 bits per heavy atom. The van der Waals surface area contributed by atoms with Crippen molar-refractivity contribution in [3.63, 3.8) is 0 Å². The Morgan fingerprint density at radius 3 is 2.95 bits per heavy atom. The van der Waals surface area contributed by atoms with Crippen LogP contribution in [0, 0.1) is 5.82 Å². The van der Waals surface area contributed by atoms with Crippen LogP contribution >= 0.6 is 11.8 Å². The van der Waals surface area contributed by atoms with Crippen LogP contribution in [0.3, 0.4) is 0 Å². The van der Waals surface area contributed by atoms with Crippen LogP contribution in [0.4, 0.5) is 4.39 Å². The Kier molecular flexibility index (Phi) is 4.00. The van der Waals surface area contributed by atoms with Crippen molar-refractivity contribution in [2.45, 2.75) is 36.2 Å². The third-order valence-electron chi connectivity index (χ3n) is 4.87. The van der Waals surface area contributed by atoms with Crippen LogP contribution in [0.2, 0.25) is 0 Å². The highest BCUT2D eigenvalue weighted by molar-refractivity contribution is 8.01. The van der Waals surface area contributed by atoms with Crippen molar-refractivity contribution in [3.05, 3.63) is 24.1 Å². The number of rotatable bonds is 3. The smallest absolute Gasteiger partial charge is 0.250 e. The van der Waals surface area contributed by atoms with E-state index in [1.165, 1.54) is 6.07 Å². The zero-order valence-corrected chi connectivity index (χ0v) is 13.4. The van der Waals surface area contributed by atoms with Gasteiger partial charge in [-0.05, 0) is 25.0 Å². The molecule has 0 N–H and O–H groups in total. The molecule has 0 aliphatic carbocycles. The molecular formula is C16H21FN2O2S. The van der Waals surface area contributed by atoms with E-state index in [9.17, 15) is 4.39 Å². The van der Waals surface area contributed by atoms with E-state index in [2.05, 4.69) is 9.88 Å². The predicted molar refractivity (Wildman–Crippen MR) is 83.8 cm³/mol. The summed E-state index contributed by atoms with van der Waals surface area (Å²) in [6.45, 7) is 4.05. The molecule has 120 valence electrons. The van der Waals surface area contributed by atoms with E-state index in [0.717, 1.165) is 51.3 Å². The third-order valence-corrected chi connectivity index (χ3v) is 6.44. The largest absolute Gasteiger partial charge is 0.471 e. The Labute approximate surface area is 134 Å². The van der Waals surface area contributed by atoms with Crippen molar-refractivity contribution in [2.24, 2.45) is 0 Å². The maximum Gasteiger partial charge on any atom is 0.250 e. The molecule has 22 heavy (non-hydrogen) atoms. The predicted octanol–water partition coefficient (Wildman–Crippen LogP) is 2.34. The number of nitrogens with zero attached hydrogens (tertiary/aromatic N) is 2. The van der Waals surface area contributed by atoms with Crippen LogP contribution in [0.15, 0.2) is 18.3 Å². The van der Waals surface area contributed by atoms with Crippen LogP contribution in [0.1, 0.15) is 19.3 Å². The maximum atomic E-state index is 13.6. The van der Waals surface area contributed by atoms with Crippen LogP contribution in [-0.2, 0) is 4.74 Å². The minimum absolute atomic E-state index is 0.0752. The molecule has 1 atom stereocenters. The van der Waals surface area contributed by atoms with Gasteiger partial charge in [0.25, 0.3) is 5.88 Å². The molecule has 0 aromatic carbocycles. The zero-order chi connectivity index (χ0) is 15.0. The average molecular weight is 324 g/mol. The molecule has 0 amide bonds. The summed E-state index contributed by atoms with van der Waals surface area (Å²) in [5, 5.41) is 0. The average Bonchev–Trinajstić information content (AvgIpc) is 2.93. The van der Waals surface area contributed by atoms with Gasteiger partial charge in [0, 0.05) is 55.5 Å². The van der Waals surface area contributed by atoms with E-state index >= 15 is 0 Å². The second-order valence-corrected chi connectivity index (χ2v) is 7.96.